The highest BCUT2D eigenvalue weighted by Crippen LogP contribution is 2.40. The summed E-state index contributed by atoms with van der Waals surface area (Å²) >= 11 is 2.61. The molecule has 9 heteroatoms. The average Bonchev–Trinajstić information content (AvgIpc) is 3.48. The molecule has 2 heterocycles. The normalized spacial score (nSPS) is 21.8. The van der Waals surface area contributed by atoms with E-state index >= 15 is 0 Å². The standard InChI is InChI=1S/C23H27FN4O2S2/c1-27(2)13-21(29)32-20-9-10-28(12-16(20)11-17-14-31-26-25-17)22(23(30)15-7-8-15)18-5-3-4-6-19(18)24/h3-6,11,14-15,20,22H,7-10,12-13H2,1-2H3/b16-11+. The number of ketones is 1. The number of likely N-dealkylation sites (tertiary alicyclic amines) is 1. The Labute approximate surface area is 196 Å². The first kappa shape index (κ1) is 23.2. The molecular weight excluding hydrogens is 447 g/mol. The average molecular weight is 475 g/mol. The van der Waals surface area contributed by atoms with Crippen molar-refractivity contribution in [1.29, 1.82) is 0 Å². The van der Waals surface area contributed by atoms with Gasteiger partial charge in [-0.3, -0.25) is 14.5 Å². The largest absolute Gasteiger partial charge is 0.302 e. The zero-order valence-electron chi connectivity index (χ0n) is 18.2. The van der Waals surface area contributed by atoms with Gasteiger partial charge in [0, 0.05) is 35.2 Å². The zero-order chi connectivity index (χ0) is 22.7. The number of hydrogen-bond acceptors (Lipinski definition) is 8. The van der Waals surface area contributed by atoms with Gasteiger partial charge in [0.05, 0.1) is 18.3 Å². The summed E-state index contributed by atoms with van der Waals surface area (Å²) in [6.07, 6.45) is 4.43. The molecule has 1 saturated heterocycles. The van der Waals surface area contributed by atoms with Crippen LogP contribution in [0.1, 0.15) is 36.6 Å². The van der Waals surface area contributed by atoms with Crippen LogP contribution >= 0.6 is 23.3 Å². The van der Waals surface area contributed by atoms with Gasteiger partial charge in [-0.25, -0.2) is 4.39 Å². The summed E-state index contributed by atoms with van der Waals surface area (Å²) in [4.78, 5) is 29.7. The van der Waals surface area contributed by atoms with Gasteiger partial charge in [-0.2, -0.15) is 0 Å². The minimum Gasteiger partial charge on any atom is -0.302 e. The quantitative estimate of drug-likeness (QED) is 0.578. The lowest BCUT2D eigenvalue weighted by Gasteiger charge is -2.38. The molecule has 1 aliphatic heterocycles. The van der Waals surface area contributed by atoms with Crippen LogP contribution < -0.4 is 0 Å². The van der Waals surface area contributed by atoms with Gasteiger partial charge in [0.15, 0.2) is 5.78 Å². The molecule has 0 spiro atoms. The van der Waals surface area contributed by atoms with E-state index in [0.29, 0.717) is 31.6 Å². The molecule has 1 aliphatic carbocycles. The molecule has 1 aromatic carbocycles. The Kier molecular flexibility index (Phi) is 7.50. The number of hydrogen-bond donors (Lipinski definition) is 0. The van der Waals surface area contributed by atoms with Gasteiger partial charge in [-0.15, -0.1) is 5.10 Å². The molecule has 1 aromatic heterocycles. The Balaban J connectivity index is 1.61. The fourth-order valence-electron chi connectivity index (χ4n) is 4.07. The number of carbonyl (C=O) groups excluding carboxylic acids is 2. The Morgan fingerprint density at radius 1 is 1.31 bits per heavy atom. The molecular formula is C23H27FN4O2S2. The molecule has 2 aromatic rings. The number of Topliss-reactive ketones (excluding diaryl/α,β-unsaturated/α-hetero) is 1. The second kappa shape index (κ2) is 10.3. The molecule has 0 N–H and O–H groups in total. The van der Waals surface area contributed by atoms with Crippen molar-refractivity contribution in [3.8, 4) is 0 Å². The van der Waals surface area contributed by atoms with Crippen LogP contribution in [0.15, 0.2) is 35.2 Å². The minimum atomic E-state index is -0.607. The highest BCUT2D eigenvalue weighted by molar-refractivity contribution is 8.14. The van der Waals surface area contributed by atoms with E-state index in [1.165, 1.54) is 29.4 Å². The van der Waals surface area contributed by atoms with Gasteiger partial charge in [-0.1, -0.05) is 34.4 Å². The topological polar surface area (TPSA) is 66.4 Å². The molecule has 2 aliphatic rings. The van der Waals surface area contributed by atoms with Gasteiger partial charge in [0.25, 0.3) is 0 Å². The summed E-state index contributed by atoms with van der Waals surface area (Å²) in [5.74, 6) is -0.235. The number of benzene rings is 1. The molecule has 4 rings (SSSR count). The first-order valence-electron chi connectivity index (χ1n) is 10.8. The lowest BCUT2D eigenvalue weighted by atomic mass is 9.93. The molecule has 6 nitrogen and oxygen atoms in total. The number of rotatable bonds is 8. The summed E-state index contributed by atoms with van der Waals surface area (Å²) in [6.45, 7) is 1.48. The predicted molar refractivity (Wildman–Crippen MR) is 126 cm³/mol. The third kappa shape index (κ3) is 5.70. The minimum absolute atomic E-state index is 0.00213. The molecule has 0 radical (unpaired) electrons. The van der Waals surface area contributed by atoms with E-state index in [2.05, 4.69) is 14.5 Å². The Bertz CT molecular complexity index is 992. The lowest BCUT2D eigenvalue weighted by molar-refractivity contribution is -0.126. The molecule has 32 heavy (non-hydrogen) atoms. The molecule has 2 unspecified atom stereocenters. The van der Waals surface area contributed by atoms with E-state index in [1.54, 1.807) is 18.2 Å². The van der Waals surface area contributed by atoms with Crippen molar-refractivity contribution in [2.45, 2.75) is 30.6 Å². The van der Waals surface area contributed by atoms with Crippen LogP contribution in [0.5, 0.6) is 0 Å². The Morgan fingerprint density at radius 2 is 2.09 bits per heavy atom. The monoisotopic (exact) mass is 474 g/mol. The third-order valence-corrected chi connectivity index (χ3v) is 7.46. The van der Waals surface area contributed by atoms with Crippen LogP contribution in [0, 0.1) is 11.7 Å². The maximum Gasteiger partial charge on any atom is 0.203 e. The number of thioether (sulfide) groups is 1. The fraction of sp³-hybridized carbons (Fsp3) is 0.478. The van der Waals surface area contributed by atoms with Gasteiger partial charge >= 0.3 is 0 Å². The third-order valence-electron chi connectivity index (χ3n) is 5.72. The van der Waals surface area contributed by atoms with Gasteiger partial charge in [0.1, 0.15) is 5.82 Å². The van der Waals surface area contributed by atoms with Crippen molar-refractivity contribution < 1.29 is 14.0 Å². The fourth-order valence-corrected chi connectivity index (χ4v) is 5.65. The van der Waals surface area contributed by atoms with Gasteiger partial charge < -0.3 is 4.90 Å². The van der Waals surface area contributed by atoms with Crippen LogP contribution in [0.2, 0.25) is 0 Å². The second-order valence-electron chi connectivity index (χ2n) is 8.63. The maximum absolute atomic E-state index is 14.7. The van der Waals surface area contributed by atoms with Crippen LogP contribution in [0.25, 0.3) is 6.08 Å². The van der Waals surface area contributed by atoms with Crippen LogP contribution in [0.3, 0.4) is 0 Å². The van der Waals surface area contributed by atoms with E-state index in [1.807, 2.05) is 30.5 Å². The maximum atomic E-state index is 14.7. The number of halogens is 1. The summed E-state index contributed by atoms with van der Waals surface area (Å²) in [5, 5.41) is 6.10. The van der Waals surface area contributed by atoms with Gasteiger partial charge in [-0.05, 0) is 62.6 Å². The first-order valence-corrected chi connectivity index (χ1v) is 12.5. The summed E-state index contributed by atoms with van der Waals surface area (Å²) < 4.78 is 18.7. The van der Waals surface area contributed by atoms with Crippen molar-refractivity contribution in [2.75, 3.05) is 33.7 Å². The van der Waals surface area contributed by atoms with Gasteiger partial charge in [0.2, 0.25) is 5.12 Å². The Hall–Kier alpha value is -1.94. The number of aromatic nitrogens is 2. The van der Waals surface area contributed by atoms with E-state index in [-0.39, 0.29) is 27.9 Å². The lowest BCUT2D eigenvalue weighted by Crippen LogP contribution is -2.43. The van der Waals surface area contributed by atoms with Crippen molar-refractivity contribution >= 4 is 40.3 Å². The van der Waals surface area contributed by atoms with Crippen LogP contribution in [0.4, 0.5) is 4.39 Å². The van der Waals surface area contributed by atoms with Crippen LogP contribution in [-0.2, 0) is 9.59 Å². The second-order valence-corrected chi connectivity index (χ2v) is 10.5. The van der Waals surface area contributed by atoms with E-state index < -0.39 is 6.04 Å². The zero-order valence-corrected chi connectivity index (χ0v) is 19.9. The molecule has 0 bridgehead atoms. The van der Waals surface area contributed by atoms with E-state index in [0.717, 1.165) is 24.1 Å². The number of nitrogens with zero attached hydrogens (tertiary/aromatic N) is 4. The highest BCUT2D eigenvalue weighted by Gasteiger charge is 2.41. The SMILES string of the molecule is CN(C)CC(=O)SC1CCN(C(C(=O)C2CC2)c2ccccc2F)C/C1=C\c1csnn1. The Morgan fingerprint density at radius 3 is 2.75 bits per heavy atom. The molecule has 1 saturated carbocycles. The predicted octanol–water partition coefficient (Wildman–Crippen LogP) is 3.68. The van der Waals surface area contributed by atoms with E-state index in [4.69, 9.17) is 0 Å². The highest BCUT2D eigenvalue weighted by atomic mass is 32.2. The van der Waals surface area contributed by atoms with E-state index in [9.17, 15) is 14.0 Å². The summed E-state index contributed by atoms with van der Waals surface area (Å²) in [6, 6.07) is 5.96. The van der Waals surface area contributed by atoms with Crippen LogP contribution in [-0.4, -0.2) is 69.3 Å². The molecule has 2 atom stereocenters. The van der Waals surface area contributed by atoms with Crippen molar-refractivity contribution in [1.82, 2.24) is 19.4 Å². The van der Waals surface area contributed by atoms with Crippen molar-refractivity contribution in [3.63, 3.8) is 0 Å². The number of likely N-dealkylation sites (N-methyl/N-ethyl adjacent to an activating group) is 1. The molecule has 170 valence electrons. The smallest absolute Gasteiger partial charge is 0.203 e. The summed E-state index contributed by atoms with van der Waals surface area (Å²) in [7, 11) is 3.75. The van der Waals surface area contributed by atoms with Crippen molar-refractivity contribution in [2.24, 2.45) is 5.92 Å². The molecule has 0 amide bonds. The first-order chi connectivity index (χ1) is 15.4. The molecule has 2 fully saturated rings. The number of piperidine rings is 1. The summed E-state index contributed by atoms with van der Waals surface area (Å²) in [5.41, 5.74) is 2.20. The number of carbonyl (C=O) groups is 2. The van der Waals surface area contributed by atoms with Crippen molar-refractivity contribution in [3.05, 3.63) is 52.3 Å².